The summed E-state index contributed by atoms with van der Waals surface area (Å²) in [6, 6.07) is 3.33. The lowest BCUT2D eigenvalue weighted by molar-refractivity contribution is 0.394. The van der Waals surface area contributed by atoms with Crippen molar-refractivity contribution in [2.45, 2.75) is 17.9 Å². The first-order valence-corrected chi connectivity index (χ1v) is 8.89. The first-order valence-electron chi connectivity index (χ1n) is 6.20. The van der Waals surface area contributed by atoms with Gasteiger partial charge in [0.1, 0.15) is 4.90 Å². The fourth-order valence-electron chi connectivity index (χ4n) is 2.24. The number of thiophene rings is 1. The number of halogens is 1. The summed E-state index contributed by atoms with van der Waals surface area (Å²) >= 11 is 7.62. The van der Waals surface area contributed by atoms with Gasteiger partial charge < -0.3 is 5.43 Å². The number of sulfonamides is 1. The number of hydrogen-bond donors (Lipinski definition) is 2. The number of nitrogens with zero attached hydrogens (tertiary/aromatic N) is 2. The van der Waals surface area contributed by atoms with Gasteiger partial charge in [-0.2, -0.15) is 4.31 Å². The highest BCUT2D eigenvalue weighted by molar-refractivity contribution is 7.89. The Kier molecular flexibility index (Phi) is 3.89. The van der Waals surface area contributed by atoms with E-state index < -0.39 is 10.0 Å². The Morgan fingerprint density at radius 3 is 3.00 bits per heavy atom. The first-order chi connectivity index (χ1) is 10.0. The molecule has 3 rings (SSSR count). The highest BCUT2D eigenvalue weighted by Gasteiger charge is 2.29. The van der Waals surface area contributed by atoms with E-state index in [9.17, 15) is 8.42 Å². The zero-order valence-electron chi connectivity index (χ0n) is 10.9. The molecule has 0 unspecified atom stereocenters. The lowest BCUT2D eigenvalue weighted by Crippen LogP contribution is -2.35. The molecule has 0 saturated heterocycles. The molecule has 1 aliphatic heterocycles. The van der Waals surface area contributed by atoms with Crippen LogP contribution in [0.3, 0.4) is 0 Å². The van der Waals surface area contributed by atoms with Gasteiger partial charge >= 0.3 is 0 Å². The molecule has 21 heavy (non-hydrogen) atoms. The molecule has 0 saturated carbocycles. The average molecular weight is 345 g/mol. The molecule has 0 bridgehead atoms. The fourth-order valence-corrected chi connectivity index (χ4v) is 4.81. The van der Waals surface area contributed by atoms with E-state index in [1.165, 1.54) is 21.4 Å². The minimum absolute atomic E-state index is 0.0742. The molecule has 3 heterocycles. The van der Waals surface area contributed by atoms with Crippen LogP contribution in [0.1, 0.15) is 10.4 Å². The van der Waals surface area contributed by atoms with Gasteiger partial charge in [0.05, 0.1) is 5.02 Å². The van der Waals surface area contributed by atoms with E-state index in [0.717, 1.165) is 12.0 Å². The summed E-state index contributed by atoms with van der Waals surface area (Å²) < 4.78 is 26.7. The summed E-state index contributed by atoms with van der Waals surface area (Å²) in [5.74, 6) is 5.48. The number of nitrogens with two attached hydrogens (primary N) is 1. The molecule has 6 nitrogen and oxygen atoms in total. The van der Waals surface area contributed by atoms with E-state index in [-0.39, 0.29) is 15.7 Å². The number of hydrogen-bond acceptors (Lipinski definition) is 6. The van der Waals surface area contributed by atoms with Crippen LogP contribution in [0.4, 0.5) is 5.82 Å². The number of anilines is 1. The van der Waals surface area contributed by atoms with Crippen LogP contribution < -0.4 is 11.3 Å². The first kappa shape index (κ1) is 14.7. The van der Waals surface area contributed by atoms with Crippen molar-refractivity contribution in [2.75, 3.05) is 12.0 Å². The summed E-state index contributed by atoms with van der Waals surface area (Å²) in [4.78, 5) is 5.24. The van der Waals surface area contributed by atoms with Crippen molar-refractivity contribution in [1.82, 2.24) is 9.29 Å². The van der Waals surface area contributed by atoms with Gasteiger partial charge in [-0.1, -0.05) is 11.6 Å². The van der Waals surface area contributed by atoms with Gasteiger partial charge in [0.2, 0.25) is 10.0 Å². The number of pyridine rings is 1. The molecule has 3 N–H and O–H groups in total. The van der Waals surface area contributed by atoms with Crippen molar-refractivity contribution in [1.29, 1.82) is 0 Å². The average Bonchev–Trinajstić information content (AvgIpc) is 2.94. The van der Waals surface area contributed by atoms with Gasteiger partial charge in [-0.25, -0.2) is 19.2 Å². The van der Waals surface area contributed by atoms with E-state index >= 15 is 0 Å². The third-order valence-electron chi connectivity index (χ3n) is 3.36. The minimum Gasteiger partial charge on any atom is -0.307 e. The predicted octanol–water partition coefficient (Wildman–Crippen LogP) is 1.83. The molecule has 0 amide bonds. The van der Waals surface area contributed by atoms with Crippen molar-refractivity contribution < 1.29 is 8.42 Å². The molecule has 0 atom stereocenters. The summed E-state index contributed by atoms with van der Waals surface area (Å²) in [6.45, 7) is 0.847. The number of aromatic nitrogens is 1. The highest BCUT2D eigenvalue weighted by Crippen LogP contribution is 2.29. The highest BCUT2D eigenvalue weighted by atomic mass is 35.5. The lowest BCUT2D eigenvalue weighted by Gasteiger charge is -2.26. The quantitative estimate of drug-likeness (QED) is 0.655. The van der Waals surface area contributed by atoms with E-state index in [0.29, 0.717) is 13.1 Å². The second kappa shape index (κ2) is 5.54. The maximum absolute atomic E-state index is 12.6. The molecular formula is C12H13ClN4O2S2. The number of nitrogens with one attached hydrogen (secondary N) is 1. The molecule has 0 aliphatic carbocycles. The molecular weight excluding hydrogens is 332 g/mol. The van der Waals surface area contributed by atoms with Gasteiger partial charge in [-0.3, -0.25) is 0 Å². The van der Waals surface area contributed by atoms with Crippen LogP contribution in [0.25, 0.3) is 0 Å². The monoisotopic (exact) mass is 344 g/mol. The van der Waals surface area contributed by atoms with Crippen LogP contribution in [0.2, 0.25) is 5.02 Å². The summed E-state index contributed by atoms with van der Waals surface area (Å²) in [7, 11) is -3.61. The Balaban J connectivity index is 1.93. The van der Waals surface area contributed by atoms with Crippen molar-refractivity contribution in [3.05, 3.63) is 39.2 Å². The number of hydrazine groups is 1. The third-order valence-corrected chi connectivity index (χ3v) is 6.48. The van der Waals surface area contributed by atoms with Gasteiger partial charge in [-0.15, -0.1) is 11.3 Å². The maximum Gasteiger partial charge on any atom is 0.244 e. The Morgan fingerprint density at radius 2 is 2.29 bits per heavy atom. The van der Waals surface area contributed by atoms with Crippen LogP contribution in [0, 0.1) is 0 Å². The second-order valence-corrected chi connectivity index (χ2v) is 7.95. The summed E-state index contributed by atoms with van der Waals surface area (Å²) in [5.41, 5.74) is 3.38. The fraction of sp³-hybridized carbons (Fsp3) is 0.250. The van der Waals surface area contributed by atoms with Crippen LogP contribution in [0.15, 0.2) is 28.6 Å². The van der Waals surface area contributed by atoms with Crippen molar-refractivity contribution in [3.8, 4) is 0 Å². The molecule has 0 fully saturated rings. The molecule has 9 heteroatoms. The molecule has 2 aromatic rings. The third kappa shape index (κ3) is 2.65. The van der Waals surface area contributed by atoms with Crippen molar-refractivity contribution >= 4 is 38.8 Å². The minimum atomic E-state index is -3.61. The number of nitrogen functional groups attached to an aromatic ring is 1. The SMILES string of the molecule is NNc1ncc(S(=O)(=O)N2CCc3sccc3C2)cc1Cl. The van der Waals surface area contributed by atoms with Crippen LogP contribution in [-0.2, 0) is 23.0 Å². The molecule has 0 spiro atoms. The largest absolute Gasteiger partial charge is 0.307 e. The van der Waals surface area contributed by atoms with E-state index in [4.69, 9.17) is 17.4 Å². The summed E-state index contributed by atoms with van der Waals surface area (Å²) in [6.07, 6.45) is 2.00. The Bertz CT molecular complexity index is 775. The van der Waals surface area contributed by atoms with E-state index in [1.54, 1.807) is 11.3 Å². The van der Waals surface area contributed by atoms with Crippen LogP contribution in [-0.4, -0.2) is 24.3 Å². The van der Waals surface area contributed by atoms with Gasteiger partial charge in [0, 0.05) is 24.2 Å². The second-order valence-electron chi connectivity index (χ2n) is 4.60. The Labute approximate surface area is 131 Å². The number of fused-ring (bicyclic) bond motifs is 1. The van der Waals surface area contributed by atoms with Crippen molar-refractivity contribution in [2.24, 2.45) is 5.84 Å². The summed E-state index contributed by atoms with van der Waals surface area (Å²) in [5, 5.41) is 2.16. The number of rotatable bonds is 3. The van der Waals surface area contributed by atoms with Gasteiger partial charge in [0.15, 0.2) is 5.82 Å². The normalized spacial score (nSPS) is 15.7. The van der Waals surface area contributed by atoms with Gasteiger partial charge in [-0.05, 0) is 29.5 Å². The Morgan fingerprint density at radius 1 is 1.48 bits per heavy atom. The predicted molar refractivity (Wildman–Crippen MR) is 82.7 cm³/mol. The topological polar surface area (TPSA) is 88.3 Å². The molecule has 0 radical (unpaired) electrons. The van der Waals surface area contributed by atoms with Crippen LogP contribution in [0.5, 0.6) is 0 Å². The molecule has 2 aromatic heterocycles. The van der Waals surface area contributed by atoms with E-state index in [1.807, 2.05) is 11.4 Å². The smallest absolute Gasteiger partial charge is 0.244 e. The molecule has 0 aromatic carbocycles. The van der Waals surface area contributed by atoms with Crippen molar-refractivity contribution in [3.63, 3.8) is 0 Å². The zero-order valence-corrected chi connectivity index (χ0v) is 13.3. The van der Waals surface area contributed by atoms with Gasteiger partial charge in [0.25, 0.3) is 0 Å². The van der Waals surface area contributed by atoms with E-state index in [2.05, 4.69) is 10.4 Å². The lowest BCUT2D eigenvalue weighted by atomic mass is 10.1. The molecule has 1 aliphatic rings. The maximum atomic E-state index is 12.6. The Hall–Kier alpha value is -1.19. The van der Waals surface area contributed by atoms with Crippen LogP contribution >= 0.6 is 22.9 Å². The zero-order chi connectivity index (χ0) is 15.0. The standard InChI is InChI=1S/C12H13ClN4O2S2/c13-10-5-9(6-15-12(10)16-14)21(18,19)17-3-1-11-8(7-17)2-4-20-11/h2,4-6H,1,3,7,14H2,(H,15,16). The molecule has 112 valence electrons.